The number of nitrogens with zero attached hydrogens (tertiary/aromatic N) is 3. The van der Waals surface area contributed by atoms with Gasteiger partial charge in [0, 0.05) is 16.8 Å². The monoisotopic (exact) mass is 349 g/mol. The van der Waals surface area contributed by atoms with E-state index < -0.39 is 0 Å². The number of aryl methyl sites for hydroxylation is 2. The number of hydrogen-bond donors (Lipinski definition) is 0. The Hall–Kier alpha value is -1.24. The lowest BCUT2D eigenvalue weighted by atomic mass is 10.0. The first-order valence-electron chi connectivity index (χ1n) is 8.04. The molecule has 3 rings (SSSR count). The predicted octanol–water partition coefficient (Wildman–Crippen LogP) is 3.17. The topological polar surface area (TPSA) is 36.4 Å². The normalized spacial score (nSPS) is 14.0. The van der Waals surface area contributed by atoms with Crippen molar-refractivity contribution in [1.29, 1.82) is 0 Å². The second-order valence-corrected chi connectivity index (χ2v) is 8.39. The average molecular weight is 350 g/mol. The number of amides is 1. The molecule has 0 fully saturated rings. The number of carbonyl (C=O) groups is 1. The van der Waals surface area contributed by atoms with E-state index in [1.54, 1.807) is 16.2 Å². The zero-order valence-electron chi connectivity index (χ0n) is 13.7. The van der Waals surface area contributed by atoms with Crippen LogP contribution in [-0.2, 0) is 30.7 Å². The van der Waals surface area contributed by atoms with Gasteiger partial charge in [-0.05, 0) is 44.2 Å². The summed E-state index contributed by atoms with van der Waals surface area (Å²) in [6, 6.07) is 4.09. The fraction of sp³-hybridized carbons (Fsp3) is 0.529. The molecule has 23 heavy (non-hydrogen) atoms. The van der Waals surface area contributed by atoms with Crippen LogP contribution >= 0.6 is 22.7 Å². The highest BCUT2D eigenvalue weighted by Gasteiger charge is 2.17. The van der Waals surface area contributed by atoms with Crippen molar-refractivity contribution in [1.82, 2.24) is 14.8 Å². The van der Waals surface area contributed by atoms with Crippen LogP contribution < -0.4 is 0 Å². The summed E-state index contributed by atoms with van der Waals surface area (Å²) in [5.74, 6) is 0.155. The van der Waals surface area contributed by atoms with Crippen molar-refractivity contribution < 1.29 is 4.79 Å². The number of hydrogen-bond acceptors (Lipinski definition) is 5. The quantitative estimate of drug-likeness (QED) is 0.804. The molecule has 2 aromatic heterocycles. The SMILES string of the molecule is CN(CC(=O)N(C)Cc1cccs1)Cc1nc2c(s1)CCCC2. The summed E-state index contributed by atoms with van der Waals surface area (Å²) in [5, 5.41) is 3.19. The summed E-state index contributed by atoms with van der Waals surface area (Å²) < 4.78 is 0. The molecule has 1 amide bonds. The minimum Gasteiger partial charge on any atom is -0.340 e. The van der Waals surface area contributed by atoms with Gasteiger partial charge in [-0.3, -0.25) is 9.69 Å². The summed E-state index contributed by atoms with van der Waals surface area (Å²) in [4.78, 5) is 23.6. The van der Waals surface area contributed by atoms with Gasteiger partial charge in [-0.1, -0.05) is 6.07 Å². The molecule has 1 aliphatic rings. The lowest BCUT2D eigenvalue weighted by molar-refractivity contribution is -0.131. The molecule has 6 heteroatoms. The maximum Gasteiger partial charge on any atom is 0.236 e. The molecule has 0 aromatic carbocycles. The van der Waals surface area contributed by atoms with E-state index in [-0.39, 0.29) is 5.91 Å². The number of fused-ring (bicyclic) bond motifs is 1. The Bertz CT molecular complexity index is 627. The van der Waals surface area contributed by atoms with Crippen LogP contribution in [0.5, 0.6) is 0 Å². The summed E-state index contributed by atoms with van der Waals surface area (Å²) >= 11 is 3.52. The molecule has 0 N–H and O–H groups in total. The molecular weight excluding hydrogens is 326 g/mol. The predicted molar refractivity (Wildman–Crippen MR) is 95.9 cm³/mol. The first-order chi connectivity index (χ1) is 11.1. The molecule has 0 saturated carbocycles. The smallest absolute Gasteiger partial charge is 0.236 e. The number of likely N-dealkylation sites (N-methyl/N-ethyl adjacent to an activating group) is 2. The van der Waals surface area contributed by atoms with Crippen LogP contribution in [-0.4, -0.2) is 41.3 Å². The number of aromatic nitrogens is 1. The van der Waals surface area contributed by atoms with Crippen LogP contribution in [0.15, 0.2) is 17.5 Å². The van der Waals surface area contributed by atoms with Crippen molar-refractivity contribution in [3.8, 4) is 0 Å². The van der Waals surface area contributed by atoms with Crippen LogP contribution in [0.2, 0.25) is 0 Å². The summed E-state index contributed by atoms with van der Waals surface area (Å²) in [6.07, 6.45) is 4.85. The van der Waals surface area contributed by atoms with Crippen LogP contribution in [0.4, 0.5) is 0 Å². The van der Waals surface area contributed by atoms with Gasteiger partial charge < -0.3 is 4.90 Å². The van der Waals surface area contributed by atoms with Crippen LogP contribution in [0.3, 0.4) is 0 Å². The molecule has 2 aromatic rings. The summed E-state index contributed by atoms with van der Waals surface area (Å²) in [7, 11) is 3.87. The van der Waals surface area contributed by atoms with Gasteiger partial charge in [0.2, 0.25) is 5.91 Å². The van der Waals surface area contributed by atoms with E-state index in [4.69, 9.17) is 4.98 Å². The zero-order valence-corrected chi connectivity index (χ0v) is 15.4. The Labute approximate surface area is 145 Å². The van der Waals surface area contributed by atoms with Crippen molar-refractivity contribution in [3.63, 3.8) is 0 Å². The Morgan fingerprint density at radius 3 is 2.83 bits per heavy atom. The van der Waals surface area contributed by atoms with E-state index in [1.807, 2.05) is 36.9 Å². The van der Waals surface area contributed by atoms with E-state index in [0.717, 1.165) is 18.0 Å². The van der Waals surface area contributed by atoms with E-state index in [2.05, 4.69) is 11.0 Å². The third-order valence-corrected chi connectivity index (χ3v) is 6.10. The third kappa shape index (κ3) is 4.40. The second-order valence-electron chi connectivity index (χ2n) is 6.19. The Morgan fingerprint density at radius 2 is 2.09 bits per heavy atom. The largest absolute Gasteiger partial charge is 0.340 e. The molecule has 0 atom stereocenters. The van der Waals surface area contributed by atoms with Gasteiger partial charge in [0.15, 0.2) is 0 Å². The minimum absolute atomic E-state index is 0.155. The Morgan fingerprint density at radius 1 is 1.26 bits per heavy atom. The highest BCUT2D eigenvalue weighted by molar-refractivity contribution is 7.11. The van der Waals surface area contributed by atoms with Crippen LogP contribution in [0.1, 0.15) is 33.3 Å². The summed E-state index contributed by atoms with van der Waals surface area (Å²) in [6.45, 7) is 1.89. The van der Waals surface area contributed by atoms with Crippen molar-refractivity contribution in [2.24, 2.45) is 0 Å². The van der Waals surface area contributed by atoms with Gasteiger partial charge >= 0.3 is 0 Å². The molecule has 0 unspecified atom stereocenters. The second kappa shape index (κ2) is 7.55. The fourth-order valence-electron chi connectivity index (χ4n) is 2.84. The highest BCUT2D eigenvalue weighted by atomic mass is 32.1. The number of rotatable bonds is 6. The molecule has 0 bridgehead atoms. The standard InChI is InChI=1S/C17H23N3OS2/c1-19(11-16-18-14-7-3-4-8-15(14)23-16)12-17(21)20(2)10-13-6-5-9-22-13/h5-6,9H,3-4,7-8,10-12H2,1-2H3. The minimum atomic E-state index is 0.155. The number of carbonyl (C=O) groups excluding carboxylic acids is 1. The molecule has 0 saturated heterocycles. The lowest BCUT2D eigenvalue weighted by Crippen LogP contribution is -2.35. The van der Waals surface area contributed by atoms with Crippen LogP contribution in [0, 0.1) is 0 Å². The first kappa shape index (κ1) is 16.6. The number of thiophene rings is 1. The molecule has 4 nitrogen and oxygen atoms in total. The van der Waals surface area contributed by atoms with E-state index in [1.165, 1.54) is 34.7 Å². The molecule has 0 radical (unpaired) electrons. The van der Waals surface area contributed by atoms with Gasteiger partial charge in [0.05, 0.1) is 25.3 Å². The molecule has 0 spiro atoms. The zero-order chi connectivity index (χ0) is 16.2. The highest BCUT2D eigenvalue weighted by Crippen LogP contribution is 2.27. The van der Waals surface area contributed by atoms with E-state index in [9.17, 15) is 4.79 Å². The Kier molecular flexibility index (Phi) is 5.46. The molecule has 124 valence electrons. The first-order valence-corrected chi connectivity index (χ1v) is 9.74. The van der Waals surface area contributed by atoms with Gasteiger partial charge in [0.1, 0.15) is 5.01 Å². The van der Waals surface area contributed by atoms with Gasteiger partial charge in [-0.25, -0.2) is 4.98 Å². The van der Waals surface area contributed by atoms with Gasteiger partial charge in [0.25, 0.3) is 0 Å². The van der Waals surface area contributed by atoms with Gasteiger partial charge in [-0.2, -0.15) is 0 Å². The maximum atomic E-state index is 12.3. The molecule has 0 aliphatic heterocycles. The van der Waals surface area contributed by atoms with E-state index >= 15 is 0 Å². The number of thiazole rings is 1. The maximum absolute atomic E-state index is 12.3. The van der Waals surface area contributed by atoms with Crippen molar-refractivity contribution in [2.45, 2.75) is 38.8 Å². The summed E-state index contributed by atoms with van der Waals surface area (Å²) in [5.41, 5.74) is 1.30. The Balaban J connectivity index is 1.51. The van der Waals surface area contributed by atoms with Crippen molar-refractivity contribution >= 4 is 28.6 Å². The molecule has 1 aliphatic carbocycles. The van der Waals surface area contributed by atoms with Gasteiger partial charge in [-0.15, -0.1) is 22.7 Å². The molecule has 2 heterocycles. The van der Waals surface area contributed by atoms with E-state index in [0.29, 0.717) is 13.1 Å². The van der Waals surface area contributed by atoms with Crippen molar-refractivity contribution in [2.75, 3.05) is 20.6 Å². The van der Waals surface area contributed by atoms with Crippen molar-refractivity contribution in [3.05, 3.63) is 38.0 Å². The lowest BCUT2D eigenvalue weighted by Gasteiger charge is -2.20. The molecular formula is C17H23N3OS2. The third-order valence-electron chi connectivity index (χ3n) is 4.10. The van der Waals surface area contributed by atoms with Crippen LogP contribution in [0.25, 0.3) is 0 Å². The average Bonchev–Trinajstić information content (AvgIpc) is 3.15. The fourth-order valence-corrected chi connectivity index (χ4v) is 4.83.